The molecule has 0 amide bonds. The number of alkyl halides is 1. The van der Waals surface area contributed by atoms with E-state index >= 15 is 0 Å². The van der Waals surface area contributed by atoms with Gasteiger partial charge in [0.05, 0.1) is 11.9 Å². The Balaban J connectivity index is 2.38. The minimum absolute atomic E-state index is 0.152. The first kappa shape index (κ1) is 9.26. The molecule has 0 bridgehead atoms. The van der Waals surface area contributed by atoms with E-state index < -0.39 is 0 Å². The number of nitrogens with one attached hydrogen (secondary N) is 1. The van der Waals surface area contributed by atoms with Gasteiger partial charge in [-0.05, 0) is 12.1 Å². The third-order valence-corrected chi connectivity index (χ3v) is 2.04. The molecular formula is C9H10BrNO. The molecule has 0 aromatic heterocycles. The molecule has 0 saturated carbocycles. The monoisotopic (exact) mass is 227 g/mol. The number of anilines is 1. The predicted octanol–water partition coefficient (Wildman–Crippen LogP) is 2.06. The summed E-state index contributed by atoms with van der Waals surface area (Å²) in [5.74, 6) is 0.152. The van der Waals surface area contributed by atoms with Crippen molar-refractivity contribution in [2.24, 2.45) is 0 Å². The van der Waals surface area contributed by atoms with Gasteiger partial charge in [0.2, 0.25) is 0 Å². The molecule has 2 nitrogen and oxygen atoms in total. The molecule has 0 fully saturated rings. The van der Waals surface area contributed by atoms with E-state index in [1.807, 2.05) is 30.3 Å². The van der Waals surface area contributed by atoms with Crippen LogP contribution >= 0.6 is 15.9 Å². The zero-order valence-corrected chi connectivity index (χ0v) is 8.17. The highest BCUT2D eigenvalue weighted by Crippen LogP contribution is 2.03. The lowest BCUT2D eigenvalue weighted by atomic mass is 10.3. The van der Waals surface area contributed by atoms with Crippen LogP contribution in [0.5, 0.6) is 0 Å². The summed E-state index contributed by atoms with van der Waals surface area (Å²) in [7, 11) is 0. The first-order valence-corrected chi connectivity index (χ1v) is 4.81. The number of hydrogen-bond donors (Lipinski definition) is 1. The van der Waals surface area contributed by atoms with Crippen LogP contribution in [0.15, 0.2) is 30.3 Å². The molecule has 1 aromatic carbocycles. The Bertz CT molecular complexity index is 248. The lowest BCUT2D eigenvalue weighted by molar-refractivity contribution is -0.114. The molecular weight excluding hydrogens is 218 g/mol. The highest BCUT2D eigenvalue weighted by Gasteiger charge is 1.97. The zero-order chi connectivity index (χ0) is 8.81. The Hall–Kier alpha value is -0.830. The lowest BCUT2D eigenvalue weighted by Gasteiger charge is -2.02. The van der Waals surface area contributed by atoms with Crippen LogP contribution in [-0.2, 0) is 4.79 Å². The Morgan fingerprint density at radius 3 is 2.58 bits per heavy atom. The van der Waals surface area contributed by atoms with E-state index in [4.69, 9.17) is 0 Å². The number of halogens is 1. The van der Waals surface area contributed by atoms with E-state index in [9.17, 15) is 4.79 Å². The van der Waals surface area contributed by atoms with Crippen molar-refractivity contribution in [3.63, 3.8) is 0 Å². The van der Waals surface area contributed by atoms with Crippen LogP contribution in [0.3, 0.4) is 0 Å². The number of hydrogen-bond acceptors (Lipinski definition) is 2. The van der Waals surface area contributed by atoms with E-state index in [1.165, 1.54) is 0 Å². The molecule has 12 heavy (non-hydrogen) atoms. The first-order chi connectivity index (χ1) is 5.83. The summed E-state index contributed by atoms with van der Waals surface area (Å²) >= 11 is 3.10. The number of carbonyl (C=O) groups excluding carboxylic acids is 1. The zero-order valence-electron chi connectivity index (χ0n) is 6.59. The Morgan fingerprint density at radius 2 is 2.00 bits per heavy atom. The molecule has 1 aromatic rings. The molecule has 0 unspecified atom stereocenters. The van der Waals surface area contributed by atoms with Crippen LogP contribution in [0.2, 0.25) is 0 Å². The second-order valence-electron chi connectivity index (χ2n) is 2.39. The largest absolute Gasteiger partial charge is 0.378 e. The third-order valence-electron chi connectivity index (χ3n) is 1.41. The molecule has 0 aliphatic carbocycles. The van der Waals surface area contributed by atoms with Gasteiger partial charge in [0.15, 0.2) is 5.78 Å². The summed E-state index contributed by atoms with van der Waals surface area (Å²) in [6.07, 6.45) is 0. The molecule has 0 radical (unpaired) electrons. The summed E-state index contributed by atoms with van der Waals surface area (Å²) in [6, 6.07) is 9.67. The fourth-order valence-electron chi connectivity index (χ4n) is 0.804. The van der Waals surface area contributed by atoms with E-state index in [0.717, 1.165) is 5.69 Å². The average molecular weight is 228 g/mol. The van der Waals surface area contributed by atoms with Crippen molar-refractivity contribution in [2.75, 3.05) is 17.2 Å². The normalized spacial score (nSPS) is 9.42. The van der Waals surface area contributed by atoms with Gasteiger partial charge >= 0.3 is 0 Å². The third kappa shape index (κ3) is 3.05. The fourth-order valence-corrected chi connectivity index (χ4v) is 1.00. The summed E-state index contributed by atoms with van der Waals surface area (Å²) in [5.41, 5.74) is 0.979. The number of para-hydroxylation sites is 1. The molecule has 0 aliphatic rings. The Kier molecular flexibility index (Phi) is 3.80. The van der Waals surface area contributed by atoms with Gasteiger partial charge in [0.1, 0.15) is 0 Å². The quantitative estimate of drug-likeness (QED) is 0.799. The Morgan fingerprint density at radius 1 is 1.33 bits per heavy atom. The SMILES string of the molecule is O=C(CBr)CNc1ccccc1. The number of rotatable bonds is 4. The van der Waals surface area contributed by atoms with Gasteiger partial charge in [-0.1, -0.05) is 34.1 Å². The molecule has 0 atom stereocenters. The first-order valence-electron chi connectivity index (χ1n) is 3.69. The second-order valence-corrected chi connectivity index (χ2v) is 2.95. The molecule has 0 spiro atoms. The van der Waals surface area contributed by atoms with Crippen LogP contribution < -0.4 is 5.32 Å². The topological polar surface area (TPSA) is 29.1 Å². The Labute approximate surface area is 80.1 Å². The summed E-state index contributed by atoms with van der Waals surface area (Å²) in [4.78, 5) is 10.9. The van der Waals surface area contributed by atoms with Crippen molar-refractivity contribution < 1.29 is 4.79 Å². The molecule has 3 heteroatoms. The fraction of sp³-hybridized carbons (Fsp3) is 0.222. The van der Waals surface area contributed by atoms with Crippen LogP contribution in [-0.4, -0.2) is 17.7 Å². The molecule has 0 saturated heterocycles. The van der Waals surface area contributed by atoms with E-state index in [1.54, 1.807) is 0 Å². The van der Waals surface area contributed by atoms with Crippen molar-refractivity contribution in [3.05, 3.63) is 30.3 Å². The van der Waals surface area contributed by atoms with Crippen LogP contribution in [0, 0.1) is 0 Å². The van der Waals surface area contributed by atoms with E-state index in [2.05, 4.69) is 21.2 Å². The van der Waals surface area contributed by atoms with E-state index in [-0.39, 0.29) is 5.78 Å². The average Bonchev–Trinajstić information content (AvgIpc) is 2.16. The van der Waals surface area contributed by atoms with Crippen molar-refractivity contribution >= 4 is 27.4 Å². The van der Waals surface area contributed by atoms with Gasteiger partial charge in [-0.3, -0.25) is 4.79 Å². The van der Waals surface area contributed by atoms with Crippen LogP contribution in [0.25, 0.3) is 0 Å². The highest BCUT2D eigenvalue weighted by atomic mass is 79.9. The number of ketones is 1. The van der Waals surface area contributed by atoms with Crippen molar-refractivity contribution in [1.82, 2.24) is 0 Å². The molecule has 0 heterocycles. The van der Waals surface area contributed by atoms with Crippen LogP contribution in [0.4, 0.5) is 5.69 Å². The molecule has 1 rings (SSSR count). The number of benzene rings is 1. The lowest BCUT2D eigenvalue weighted by Crippen LogP contribution is -2.14. The number of carbonyl (C=O) groups is 1. The minimum Gasteiger partial charge on any atom is -0.378 e. The van der Waals surface area contributed by atoms with Gasteiger partial charge < -0.3 is 5.32 Å². The van der Waals surface area contributed by atoms with Gasteiger partial charge in [-0.2, -0.15) is 0 Å². The van der Waals surface area contributed by atoms with Gasteiger partial charge in [0.25, 0.3) is 0 Å². The van der Waals surface area contributed by atoms with E-state index in [0.29, 0.717) is 11.9 Å². The molecule has 64 valence electrons. The maximum Gasteiger partial charge on any atom is 0.162 e. The van der Waals surface area contributed by atoms with Gasteiger partial charge in [0, 0.05) is 5.69 Å². The van der Waals surface area contributed by atoms with Gasteiger partial charge in [-0.25, -0.2) is 0 Å². The summed E-state index contributed by atoms with van der Waals surface area (Å²) < 4.78 is 0. The minimum atomic E-state index is 0.152. The summed E-state index contributed by atoms with van der Waals surface area (Å²) in [6.45, 7) is 0.384. The van der Waals surface area contributed by atoms with Crippen molar-refractivity contribution in [1.29, 1.82) is 0 Å². The smallest absolute Gasteiger partial charge is 0.162 e. The second kappa shape index (κ2) is 4.93. The summed E-state index contributed by atoms with van der Waals surface area (Å²) in [5, 5.41) is 3.43. The van der Waals surface area contributed by atoms with Crippen LogP contribution in [0.1, 0.15) is 0 Å². The van der Waals surface area contributed by atoms with Gasteiger partial charge in [-0.15, -0.1) is 0 Å². The molecule has 0 aliphatic heterocycles. The molecule has 1 N–H and O–H groups in total. The maximum atomic E-state index is 10.9. The standard InChI is InChI=1S/C9H10BrNO/c10-6-9(12)7-11-8-4-2-1-3-5-8/h1-5,11H,6-7H2. The maximum absolute atomic E-state index is 10.9. The van der Waals surface area contributed by atoms with Crippen molar-refractivity contribution in [2.45, 2.75) is 0 Å². The highest BCUT2D eigenvalue weighted by molar-refractivity contribution is 9.09. The number of Topliss-reactive ketones (excluding diaryl/α,β-unsaturated/α-hetero) is 1. The van der Waals surface area contributed by atoms with Crippen molar-refractivity contribution in [3.8, 4) is 0 Å². The predicted molar refractivity (Wildman–Crippen MR) is 53.7 cm³/mol.